The third kappa shape index (κ3) is 4.61. The molecule has 0 aromatic heterocycles. The second-order valence-electron chi connectivity index (χ2n) is 11.5. The first-order chi connectivity index (χ1) is 22.2. The average molecular weight is 641 g/mol. The molecule has 0 N–H and O–H groups in total. The van der Waals surface area contributed by atoms with Crippen molar-refractivity contribution in [2.75, 3.05) is 4.90 Å². The predicted octanol–water partition coefficient (Wildman–Crippen LogP) is 11.9. The Morgan fingerprint density at radius 1 is 0.378 bits per heavy atom. The molecule has 0 amide bonds. The summed E-state index contributed by atoms with van der Waals surface area (Å²) in [7, 11) is 0. The van der Waals surface area contributed by atoms with Gasteiger partial charge in [-0.25, -0.2) is 0 Å². The van der Waals surface area contributed by atoms with Gasteiger partial charge in [-0.2, -0.15) is 0 Å². The van der Waals surface area contributed by atoms with Crippen LogP contribution in [0.5, 0.6) is 0 Å². The molecule has 0 radical (unpaired) electrons. The molecular formula is C43H30BrN. The summed E-state index contributed by atoms with van der Waals surface area (Å²) in [4.78, 5) is 2.37. The molecule has 2 heteroatoms. The molecule has 45 heavy (non-hydrogen) atoms. The highest BCUT2D eigenvalue weighted by molar-refractivity contribution is 9.10. The lowest BCUT2D eigenvalue weighted by molar-refractivity contribution is 0.768. The van der Waals surface area contributed by atoms with E-state index in [1.165, 1.54) is 44.5 Å². The quantitative estimate of drug-likeness (QED) is 0.175. The van der Waals surface area contributed by atoms with Crippen LogP contribution >= 0.6 is 15.9 Å². The number of nitrogens with zero attached hydrogens (tertiary/aromatic N) is 1. The maximum absolute atomic E-state index is 3.65. The van der Waals surface area contributed by atoms with E-state index in [4.69, 9.17) is 0 Å². The van der Waals surface area contributed by atoms with Gasteiger partial charge < -0.3 is 4.90 Å². The van der Waals surface area contributed by atoms with Crippen LogP contribution in [0, 0.1) is 0 Å². The van der Waals surface area contributed by atoms with E-state index in [2.05, 4.69) is 203 Å². The number of hydrogen-bond donors (Lipinski definition) is 0. The Morgan fingerprint density at radius 2 is 0.844 bits per heavy atom. The van der Waals surface area contributed by atoms with E-state index in [1.807, 2.05) is 0 Å². The molecule has 0 fully saturated rings. The zero-order valence-corrected chi connectivity index (χ0v) is 26.2. The first-order valence-electron chi connectivity index (χ1n) is 15.3. The highest BCUT2D eigenvalue weighted by Crippen LogP contribution is 2.57. The van der Waals surface area contributed by atoms with Crippen LogP contribution in [-0.2, 0) is 5.41 Å². The topological polar surface area (TPSA) is 3.24 Å². The molecule has 8 rings (SSSR count). The number of benzene rings is 7. The van der Waals surface area contributed by atoms with Crippen molar-refractivity contribution >= 4 is 33.0 Å². The molecule has 0 unspecified atom stereocenters. The summed E-state index contributed by atoms with van der Waals surface area (Å²) in [6.45, 7) is 0. The SMILES string of the molecule is Brc1ccc(N(c2ccc(-c3ccccc3)cc2)c2ccc3c(c2)C(c2ccccc2)(c2ccccc2)c2ccccc2-3)cc1. The van der Waals surface area contributed by atoms with E-state index in [0.717, 1.165) is 21.5 Å². The van der Waals surface area contributed by atoms with Gasteiger partial charge in [-0.15, -0.1) is 0 Å². The molecule has 0 bridgehead atoms. The van der Waals surface area contributed by atoms with Gasteiger partial charge in [0.1, 0.15) is 0 Å². The number of halogens is 1. The Hall–Kier alpha value is -5.18. The summed E-state index contributed by atoms with van der Waals surface area (Å²) in [6.07, 6.45) is 0. The Labute approximate surface area is 273 Å². The van der Waals surface area contributed by atoms with Crippen molar-refractivity contribution in [2.45, 2.75) is 5.41 Å². The molecular weight excluding hydrogens is 610 g/mol. The summed E-state index contributed by atoms with van der Waals surface area (Å²) in [5, 5.41) is 0. The molecule has 1 aliphatic rings. The van der Waals surface area contributed by atoms with Crippen LogP contribution < -0.4 is 4.90 Å². The number of rotatable bonds is 6. The van der Waals surface area contributed by atoms with Gasteiger partial charge in [0, 0.05) is 21.5 Å². The Morgan fingerprint density at radius 3 is 1.47 bits per heavy atom. The molecule has 1 nitrogen and oxygen atoms in total. The summed E-state index contributed by atoms with van der Waals surface area (Å²) >= 11 is 3.65. The normalized spacial score (nSPS) is 12.7. The van der Waals surface area contributed by atoms with Crippen molar-refractivity contribution in [1.82, 2.24) is 0 Å². The lowest BCUT2D eigenvalue weighted by atomic mass is 9.67. The van der Waals surface area contributed by atoms with Crippen LogP contribution in [0.25, 0.3) is 22.3 Å². The highest BCUT2D eigenvalue weighted by Gasteiger charge is 2.46. The Balaban J connectivity index is 1.36. The number of hydrogen-bond acceptors (Lipinski definition) is 1. The first-order valence-corrected chi connectivity index (χ1v) is 16.1. The van der Waals surface area contributed by atoms with E-state index in [0.29, 0.717) is 0 Å². The average Bonchev–Trinajstić information content (AvgIpc) is 3.41. The van der Waals surface area contributed by atoms with Gasteiger partial charge in [0.2, 0.25) is 0 Å². The zero-order valence-electron chi connectivity index (χ0n) is 24.6. The van der Waals surface area contributed by atoms with Gasteiger partial charge in [-0.05, 0) is 93.0 Å². The van der Waals surface area contributed by atoms with Crippen molar-refractivity contribution in [3.05, 3.63) is 209 Å². The first kappa shape index (κ1) is 27.4. The van der Waals surface area contributed by atoms with Crippen molar-refractivity contribution in [3.8, 4) is 22.3 Å². The maximum Gasteiger partial charge on any atom is 0.0714 e. The van der Waals surface area contributed by atoms with E-state index in [9.17, 15) is 0 Å². The van der Waals surface area contributed by atoms with Gasteiger partial charge in [0.25, 0.3) is 0 Å². The number of fused-ring (bicyclic) bond motifs is 3. The maximum atomic E-state index is 3.65. The molecule has 0 saturated heterocycles. The zero-order chi connectivity index (χ0) is 30.2. The third-order valence-electron chi connectivity index (χ3n) is 9.02. The summed E-state index contributed by atoms with van der Waals surface area (Å²) < 4.78 is 1.06. The van der Waals surface area contributed by atoms with Gasteiger partial charge in [-0.1, -0.05) is 149 Å². The molecule has 0 heterocycles. The minimum atomic E-state index is -0.451. The third-order valence-corrected chi connectivity index (χ3v) is 9.55. The molecule has 0 saturated carbocycles. The van der Waals surface area contributed by atoms with E-state index >= 15 is 0 Å². The minimum Gasteiger partial charge on any atom is -0.310 e. The Bertz CT molecular complexity index is 2050. The monoisotopic (exact) mass is 639 g/mol. The fourth-order valence-electron chi connectivity index (χ4n) is 7.04. The van der Waals surface area contributed by atoms with Crippen molar-refractivity contribution in [2.24, 2.45) is 0 Å². The van der Waals surface area contributed by atoms with Gasteiger partial charge >= 0.3 is 0 Å². The van der Waals surface area contributed by atoms with Crippen LogP contribution in [0.2, 0.25) is 0 Å². The van der Waals surface area contributed by atoms with Crippen molar-refractivity contribution in [3.63, 3.8) is 0 Å². The van der Waals surface area contributed by atoms with Crippen LogP contribution in [0.15, 0.2) is 186 Å². The fourth-order valence-corrected chi connectivity index (χ4v) is 7.31. The second-order valence-corrected chi connectivity index (χ2v) is 12.4. The second kappa shape index (κ2) is 11.4. The van der Waals surface area contributed by atoms with Gasteiger partial charge in [-0.3, -0.25) is 0 Å². The van der Waals surface area contributed by atoms with Crippen molar-refractivity contribution in [1.29, 1.82) is 0 Å². The van der Waals surface area contributed by atoms with Crippen LogP contribution in [0.3, 0.4) is 0 Å². The summed E-state index contributed by atoms with van der Waals surface area (Å²) in [5.74, 6) is 0. The lowest BCUT2D eigenvalue weighted by Gasteiger charge is -2.35. The fraction of sp³-hybridized carbons (Fsp3) is 0.0233. The molecule has 7 aromatic rings. The van der Waals surface area contributed by atoms with E-state index < -0.39 is 5.41 Å². The van der Waals surface area contributed by atoms with Crippen molar-refractivity contribution < 1.29 is 0 Å². The summed E-state index contributed by atoms with van der Waals surface area (Å²) in [6, 6.07) is 65.9. The summed E-state index contributed by atoms with van der Waals surface area (Å²) in [5.41, 5.74) is 13.0. The van der Waals surface area contributed by atoms with E-state index in [-0.39, 0.29) is 0 Å². The van der Waals surface area contributed by atoms with Crippen LogP contribution in [0.1, 0.15) is 22.3 Å². The molecule has 1 aliphatic carbocycles. The minimum absolute atomic E-state index is 0.451. The van der Waals surface area contributed by atoms with Crippen LogP contribution in [-0.4, -0.2) is 0 Å². The van der Waals surface area contributed by atoms with Gasteiger partial charge in [0.15, 0.2) is 0 Å². The number of anilines is 3. The smallest absolute Gasteiger partial charge is 0.0714 e. The van der Waals surface area contributed by atoms with E-state index in [1.54, 1.807) is 0 Å². The molecule has 214 valence electrons. The predicted molar refractivity (Wildman–Crippen MR) is 192 cm³/mol. The van der Waals surface area contributed by atoms with Crippen LogP contribution in [0.4, 0.5) is 17.1 Å². The standard InChI is InChI=1S/C43H30BrN/c44-35-22-26-37(27-23-35)45(36-24-20-32(21-25-36)31-12-4-1-5-13-31)38-28-29-40-39-18-10-11-19-41(39)43(42(40)30-38,33-14-6-2-7-15-33)34-16-8-3-9-17-34/h1-30H. The lowest BCUT2D eigenvalue weighted by Crippen LogP contribution is -2.28. The highest BCUT2D eigenvalue weighted by atomic mass is 79.9. The molecule has 0 spiro atoms. The molecule has 0 aliphatic heterocycles. The molecule has 7 aromatic carbocycles. The largest absolute Gasteiger partial charge is 0.310 e. The molecule has 0 atom stereocenters. The van der Waals surface area contributed by atoms with Gasteiger partial charge in [0.05, 0.1) is 5.41 Å². The Kier molecular flexibility index (Phi) is 6.93.